The van der Waals surface area contributed by atoms with Crippen LogP contribution in [-0.2, 0) is 6.54 Å². The van der Waals surface area contributed by atoms with Crippen LogP contribution in [0.3, 0.4) is 0 Å². The molecule has 0 amide bonds. The second kappa shape index (κ2) is 4.94. The third kappa shape index (κ3) is 3.53. The van der Waals surface area contributed by atoms with E-state index in [1.165, 1.54) is 12.1 Å². The van der Waals surface area contributed by atoms with Gasteiger partial charge >= 0.3 is 0 Å². The van der Waals surface area contributed by atoms with Crippen molar-refractivity contribution in [2.45, 2.75) is 19.5 Å². The lowest BCUT2D eigenvalue weighted by molar-refractivity contribution is 0.251. The molecule has 1 atom stereocenters. The molecular weight excluding hydrogens is 169 g/mol. The van der Waals surface area contributed by atoms with Gasteiger partial charge in [0.05, 0.1) is 6.61 Å². The number of hydrogen-bond donors (Lipinski definition) is 2. The van der Waals surface area contributed by atoms with Crippen molar-refractivity contribution in [2.75, 3.05) is 6.61 Å². The van der Waals surface area contributed by atoms with Gasteiger partial charge in [-0.05, 0) is 24.6 Å². The van der Waals surface area contributed by atoms with Crippen LogP contribution in [-0.4, -0.2) is 17.8 Å². The number of halogens is 1. The van der Waals surface area contributed by atoms with Crippen LogP contribution in [0.25, 0.3) is 0 Å². The van der Waals surface area contributed by atoms with Gasteiger partial charge in [-0.15, -0.1) is 0 Å². The fraction of sp³-hybridized carbons (Fsp3) is 0.400. The molecule has 1 unspecified atom stereocenters. The summed E-state index contributed by atoms with van der Waals surface area (Å²) in [7, 11) is 0. The van der Waals surface area contributed by atoms with E-state index in [4.69, 9.17) is 5.11 Å². The Balaban J connectivity index is 2.45. The Morgan fingerprint density at radius 2 is 2.31 bits per heavy atom. The first-order valence-corrected chi connectivity index (χ1v) is 4.31. The standard InChI is InChI=1S/C10H14FNO/c1-8(7-13)12-6-9-3-2-4-10(11)5-9/h2-5,8,12-13H,6-7H2,1H3. The molecule has 0 spiro atoms. The van der Waals surface area contributed by atoms with Crippen molar-refractivity contribution in [3.8, 4) is 0 Å². The van der Waals surface area contributed by atoms with Gasteiger partial charge in [0, 0.05) is 12.6 Å². The minimum atomic E-state index is -0.226. The molecule has 3 heteroatoms. The monoisotopic (exact) mass is 183 g/mol. The molecule has 2 nitrogen and oxygen atoms in total. The van der Waals surface area contributed by atoms with Crippen LogP contribution in [0.15, 0.2) is 24.3 Å². The topological polar surface area (TPSA) is 32.3 Å². The molecule has 0 fully saturated rings. The van der Waals surface area contributed by atoms with E-state index >= 15 is 0 Å². The van der Waals surface area contributed by atoms with E-state index in [9.17, 15) is 4.39 Å². The summed E-state index contributed by atoms with van der Waals surface area (Å²) < 4.78 is 12.7. The van der Waals surface area contributed by atoms with Gasteiger partial charge < -0.3 is 10.4 Å². The SMILES string of the molecule is CC(CO)NCc1cccc(F)c1. The van der Waals surface area contributed by atoms with Gasteiger partial charge in [-0.1, -0.05) is 12.1 Å². The minimum absolute atomic E-state index is 0.0447. The number of hydrogen-bond acceptors (Lipinski definition) is 2. The normalized spacial score (nSPS) is 12.8. The summed E-state index contributed by atoms with van der Waals surface area (Å²) in [5.74, 6) is -0.226. The molecule has 0 aromatic heterocycles. The molecule has 0 saturated carbocycles. The Labute approximate surface area is 77.4 Å². The maximum absolute atomic E-state index is 12.7. The Morgan fingerprint density at radius 3 is 2.92 bits per heavy atom. The number of benzene rings is 1. The van der Waals surface area contributed by atoms with Crippen LogP contribution in [0.5, 0.6) is 0 Å². The molecule has 0 radical (unpaired) electrons. The van der Waals surface area contributed by atoms with Crippen LogP contribution in [0.1, 0.15) is 12.5 Å². The first-order valence-electron chi connectivity index (χ1n) is 4.31. The van der Waals surface area contributed by atoms with Crippen molar-refractivity contribution < 1.29 is 9.50 Å². The van der Waals surface area contributed by atoms with Gasteiger partial charge in [0.2, 0.25) is 0 Å². The van der Waals surface area contributed by atoms with Crippen molar-refractivity contribution in [1.29, 1.82) is 0 Å². The Bertz CT molecular complexity index is 265. The molecule has 0 saturated heterocycles. The van der Waals surface area contributed by atoms with E-state index in [2.05, 4.69) is 5.32 Å². The molecule has 72 valence electrons. The minimum Gasteiger partial charge on any atom is -0.395 e. The molecule has 1 aromatic rings. The molecule has 2 N–H and O–H groups in total. The van der Waals surface area contributed by atoms with Crippen molar-refractivity contribution in [3.63, 3.8) is 0 Å². The molecular formula is C10H14FNO. The van der Waals surface area contributed by atoms with E-state index < -0.39 is 0 Å². The third-order valence-corrected chi connectivity index (χ3v) is 1.82. The average molecular weight is 183 g/mol. The molecule has 0 bridgehead atoms. The largest absolute Gasteiger partial charge is 0.395 e. The highest BCUT2D eigenvalue weighted by molar-refractivity contribution is 5.15. The number of nitrogens with one attached hydrogen (secondary N) is 1. The fourth-order valence-electron chi connectivity index (χ4n) is 1.00. The Hall–Kier alpha value is -0.930. The van der Waals surface area contributed by atoms with Crippen LogP contribution in [0.4, 0.5) is 4.39 Å². The lowest BCUT2D eigenvalue weighted by Crippen LogP contribution is -2.28. The van der Waals surface area contributed by atoms with Crippen molar-refractivity contribution in [1.82, 2.24) is 5.32 Å². The summed E-state index contributed by atoms with van der Waals surface area (Å²) in [6.07, 6.45) is 0. The smallest absolute Gasteiger partial charge is 0.123 e. The predicted molar refractivity (Wildman–Crippen MR) is 49.8 cm³/mol. The van der Waals surface area contributed by atoms with Gasteiger partial charge in [0.1, 0.15) is 5.82 Å². The second-order valence-corrected chi connectivity index (χ2v) is 3.09. The summed E-state index contributed by atoms with van der Waals surface area (Å²) in [5, 5.41) is 11.8. The highest BCUT2D eigenvalue weighted by Crippen LogP contribution is 2.02. The number of aliphatic hydroxyl groups is 1. The van der Waals surface area contributed by atoms with E-state index in [1.54, 1.807) is 6.07 Å². The fourth-order valence-corrected chi connectivity index (χ4v) is 1.00. The highest BCUT2D eigenvalue weighted by Gasteiger charge is 1.99. The number of rotatable bonds is 4. The van der Waals surface area contributed by atoms with E-state index in [-0.39, 0.29) is 18.5 Å². The quantitative estimate of drug-likeness (QED) is 0.737. The van der Waals surface area contributed by atoms with Gasteiger partial charge in [-0.25, -0.2) is 4.39 Å². The van der Waals surface area contributed by atoms with Crippen LogP contribution < -0.4 is 5.32 Å². The highest BCUT2D eigenvalue weighted by atomic mass is 19.1. The van der Waals surface area contributed by atoms with E-state index in [0.29, 0.717) is 6.54 Å². The zero-order valence-electron chi connectivity index (χ0n) is 7.63. The number of aliphatic hydroxyl groups excluding tert-OH is 1. The Kier molecular flexibility index (Phi) is 3.86. The van der Waals surface area contributed by atoms with E-state index in [1.807, 2.05) is 13.0 Å². The second-order valence-electron chi connectivity index (χ2n) is 3.09. The third-order valence-electron chi connectivity index (χ3n) is 1.82. The van der Waals surface area contributed by atoms with Crippen molar-refractivity contribution in [3.05, 3.63) is 35.6 Å². The zero-order chi connectivity index (χ0) is 9.68. The van der Waals surface area contributed by atoms with Crippen molar-refractivity contribution >= 4 is 0 Å². The molecule has 0 heterocycles. The summed E-state index contributed by atoms with van der Waals surface area (Å²) in [4.78, 5) is 0. The van der Waals surface area contributed by atoms with Crippen molar-refractivity contribution in [2.24, 2.45) is 0 Å². The molecule has 1 aromatic carbocycles. The first-order chi connectivity index (χ1) is 6.22. The zero-order valence-corrected chi connectivity index (χ0v) is 7.63. The average Bonchev–Trinajstić information content (AvgIpc) is 2.14. The van der Waals surface area contributed by atoms with Gasteiger partial charge in [0.25, 0.3) is 0 Å². The molecule has 13 heavy (non-hydrogen) atoms. The van der Waals surface area contributed by atoms with Crippen LogP contribution in [0, 0.1) is 5.82 Å². The molecule has 0 aliphatic rings. The maximum atomic E-state index is 12.7. The first kappa shape index (κ1) is 10.2. The summed E-state index contributed by atoms with van der Waals surface area (Å²) >= 11 is 0. The van der Waals surface area contributed by atoms with Gasteiger partial charge in [-0.2, -0.15) is 0 Å². The predicted octanol–water partition coefficient (Wildman–Crippen LogP) is 1.30. The summed E-state index contributed by atoms with van der Waals surface area (Å²) in [5.41, 5.74) is 0.889. The Morgan fingerprint density at radius 1 is 1.54 bits per heavy atom. The van der Waals surface area contributed by atoms with Gasteiger partial charge in [0.15, 0.2) is 0 Å². The molecule has 0 aliphatic carbocycles. The lowest BCUT2D eigenvalue weighted by atomic mass is 10.2. The summed E-state index contributed by atoms with van der Waals surface area (Å²) in [6.45, 7) is 2.55. The summed E-state index contributed by atoms with van der Waals surface area (Å²) in [6, 6.07) is 6.47. The van der Waals surface area contributed by atoms with Gasteiger partial charge in [-0.3, -0.25) is 0 Å². The van der Waals surface area contributed by atoms with Crippen LogP contribution >= 0.6 is 0 Å². The molecule has 0 aliphatic heterocycles. The maximum Gasteiger partial charge on any atom is 0.123 e. The van der Waals surface area contributed by atoms with Crippen LogP contribution in [0.2, 0.25) is 0 Å². The lowest BCUT2D eigenvalue weighted by Gasteiger charge is -2.10. The molecule has 1 rings (SSSR count). The van der Waals surface area contributed by atoms with E-state index in [0.717, 1.165) is 5.56 Å².